The molecule has 0 heterocycles. The fraction of sp³-hybridized carbons (Fsp3) is 0.684. The molecule has 0 aromatic heterocycles. The van der Waals surface area contributed by atoms with E-state index in [1.165, 1.54) is 44.1 Å². The van der Waals surface area contributed by atoms with Crippen LogP contribution in [0.15, 0.2) is 18.2 Å². The number of hydrogen-bond donors (Lipinski definition) is 4. The summed E-state index contributed by atoms with van der Waals surface area (Å²) in [5.41, 5.74) is 7.39. The Morgan fingerprint density at radius 2 is 1.81 bits per heavy atom. The van der Waals surface area contributed by atoms with Crippen molar-refractivity contribution in [3.63, 3.8) is 0 Å². The minimum absolute atomic E-state index is 0.263. The number of unbranched alkanes of at least 4 members (excludes halogenated alkanes) is 5. The molecule has 0 spiro atoms. The van der Waals surface area contributed by atoms with Gasteiger partial charge in [0.2, 0.25) is 0 Å². The predicted molar refractivity (Wildman–Crippen MR) is 118 cm³/mol. The fourth-order valence-corrected chi connectivity index (χ4v) is 4.20. The summed E-state index contributed by atoms with van der Waals surface area (Å²) in [5, 5.41) is 9.51. The molecule has 156 valence electrons. The average molecular weight is 514 g/mol. The first-order chi connectivity index (χ1) is 12.7. The van der Waals surface area contributed by atoms with E-state index in [1.54, 1.807) is 0 Å². The van der Waals surface area contributed by atoms with E-state index in [0.29, 0.717) is 12.8 Å². The van der Waals surface area contributed by atoms with Crippen LogP contribution >= 0.6 is 30.4 Å². The third kappa shape index (κ3) is 10.9. The smallest absolute Gasteiger partial charge is 0.394 e. The van der Waals surface area contributed by atoms with Crippen LogP contribution < -0.4 is 5.73 Å². The second kappa shape index (κ2) is 12.5. The molecule has 0 radical (unpaired) electrons. The number of hydrogen-bond acceptors (Lipinski definition) is 3. The van der Waals surface area contributed by atoms with E-state index in [0.717, 1.165) is 15.6 Å². The van der Waals surface area contributed by atoms with Crippen LogP contribution in [0.3, 0.4) is 0 Å². The molecule has 1 aromatic rings. The highest BCUT2D eigenvalue weighted by Gasteiger charge is 2.33. The van der Waals surface area contributed by atoms with E-state index in [2.05, 4.69) is 52.2 Å². The summed E-state index contributed by atoms with van der Waals surface area (Å²) in [6, 6.07) is 6.42. The molecule has 0 fully saturated rings. The van der Waals surface area contributed by atoms with Crippen molar-refractivity contribution >= 4 is 30.4 Å². The lowest BCUT2D eigenvalue weighted by Gasteiger charge is -2.24. The van der Waals surface area contributed by atoms with Crippen LogP contribution in [-0.2, 0) is 17.4 Å². The number of aryl methyl sites for hydroxylation is 2. The van der Waals surface area contributed by atoms with Crippen LogP contribution in [0.4, 0.5) is 0 Å². The lowest BCUT2D eigenvalue weighted by Crippen LogP contribution is -2.49. The summed E-state index contributed by atoms with van der Waals surface area (Å²) in [4.78, 5) is 17.7. The molecule has 0 saturated heterocycles. The molecule has 6 nitrogen and oxygen atoms in total. The van der Waals surface area contributed by atoms with E-state index < -0.39 is 13.4 Å². The first-order valence-electron chi connectivity index (χ1n) is 9.61. The van der Waals surface area contributed by atoms with Gasteiger partial charge >= 0.3 is 7.82 Å². The predicted octanol–water partition coefficient (Wildman–Crippen LogP) is 3.44. The van der Waals surface area contributed by atoms with Crippen molar-refractivity contribution in [1.82, 2.24) is 0 Å². The highest BCUT2D eigenvalue weighted by atomic mass is 127. The summed E-state index contributed by atoms with van der Waals surface area (Å²) in [6.07, 6.45) is 9.82. The molecule has 0 aliphatic rings. The molecule has 1 atom stereocenters. The lowest BCUT2D eigenvalue weighted by atomic mass is 9.93. The number of halogens is 1. The second-order valence-corrected chi connectivity index (χ2v) is 9.75. The van der Waals surface area contributed by atoms with Crippen LogP contribution in [-0.4, -0.2) is 38.2 Å². The first kappa shape index (κ1) is 25.0. The molecular formula is C19H34INO5P+. The van der Waals surface area contributed by atoms with Crippen LogP contribution in [0.1, 0.15) is 63.0 Å². The molecule has 6 N–H and O–H groups in total. The van der Waals surface area contributed by atoms with Gasteiger partial charge in [-0.3, -0.25) is 9.79 Å². The Bertz CT molecular complexity index is 610. The molecule has 1 rings (SSSR count). The zero-order chi connectivity index (χ0) is 20.3. The van der Waals surface area contributed by atoms with Gasteiger partial charge in [0, 0.05) is 3.57 Å². The minimum atomic E-state index is -4.47. The van der Waals surface area contributed by atoms with Crippen molar-refractivity contribution < 1.29 is 24.0 Å². The van der Waals surface area contributed by atoms with Gasteiger partial charge < -0.3 is 15.4 Å². The zero-order valence-corrected chi connectivity index (χ0v) is 19.2. The summed E-state index contributed by atoms with van der Waals surface area (Å²) in [6.45, 7) is 1.59. The molecule has 0 aliphatic heterocycles. The van der Waals surface area contributed by atoms with Gasteiger partial charge in [-0.25, -0.2) is 0 Å². The minimum Gasteiger partial charge on any atom is -0.394 e. The molecule has 0 aliphatic carbocycles. The molecule has 0 bridgehead atoms. The van der Waals surface area contributed by atoms with Gasteiger partial charge in [0.15, 0.2) is 6.61 Å². The Morgan fingerprint density at radius 3 is 2.41 bits per heavy atom. The number of nitrogens with two attached hydrogens (primary N) is 1. The first-order valence-corrected chi connectivity index (χ1v) is 12.2. The van der Waals surface area contributed by atoms with E-state index >= 15 is 0 Å². The van der Waals surface area contributed by atoms with Crippen LogP contribution in [0.25, 0.3) is 0 Å². The summed E-state index contributed by atoms with van der Waals surface area (Å²) >= 11 is 2.31. The fourth-order valence-electron chi connectivity index (χ4n) is 2.88. The van der Waals surface area contributed by atoms with Crippen molar-refractivity contribution in [1.29, 1.82) is 0 Å². The van der Waals surface area contributed by atoms with Gasteiger partial charge in [0.1, 0.15) is 5.54 Å². The maximum atomic E-state index is 10.9. The monoisotopic (exact) mass is 514 g/mol. The van der Waals surface area contributed by atoms with Gasteiger partial charge in [-0.1, -0.05) is 51.2 Å². The average Bonchev–Trinajstić information content (AvgIpc) is 2.61. The topological polar surface area (TPSA) is 117 Å². The molecular weight excluding hydrogens is 480 g/mol. The molecule has 0 saturated carbocycles. The van der Waals surface area contributed by atoms with Gasteiger partial charge in [-0.05, 0) is 65.5 Å². The second-order valence-electron chi connectivity index (χ2n) is 7.28. The van der Waals surface area contributed by atoms with Crippen LogP contribution in [0.2, 0.25) is 0 Å². The number of aliphatic hydroxyl groups excluding tert-OH is 1. The molecule has 1 aromatic carbocycles. The Morgan fingerprint density at radius 1 is 1.15 bits per heavy atom. The molecule has 0 amide bonds. The number of benzene rings is 1. The van der Waals surface area contributed by atoms with Gasteiger partial charge in [0.05, 0.1) is 6.61 Å². The Hall–Kier alpha value is -0.0200. The third-order valence-corrected chi connectivity index (χ3v) is 6.23. The number of aliphatic hydroxyl groups is 2. The molecule has 8 heteroatoms. The Labute approximate surface area is 176 Å². The normalized spacial score (nSPS) is 14.3. The molecule has 27 heavy (non-hydrogen) atoms. The van der Waals surface area contributed by atoms with Crippen molar-refractivity contribution in [2.75, 3.05) is 13.2 Å². The maximum Gasteiger partial charge on any atom is 0.629 e. The van der Waals surface area contributed by atoms with Gasteiger partial charge in [-0.2, -0.15) is 4.57 Å². The van der Waals surface area contributed by atoms with Crippen molar-refractivity contribution in [2.24, 2.45) is 5.73 Å². The zero-order valence-electron chi connectivity index (χ0n) is 16.1. The summed E-state index contributed by atoms with van der Waals surface area (Å²) in [5.74, 6) is 0. The largest absolute Gasteiger partial charge is 0.629 e. The standard InChI is InChI=1S/C19H33INO5P/c1-2-3-4-5-6-7-8-16-9-10-17(18(20)13-16)11-12-19(21,14-22)15-26-27(23,24)25/h9-10,13,22H,2-8,11-12,14-15,21H2,1H3,(H2,23,24,25)/p+1. The Kier molecular flexibility index (Phi) is 11.6. The quantitative estimate of drug-likeness (QED) is 0.131. The Balaban J connectivity index is 2.50. The van der Waals surface area contributed by atoms with E-state index in [-0.39, 0.29) is 13.2 Å². The SMILES string of the molecule is CCCCCCCCc1ccc(CCC(N)(CO)C[OH+]P(=O)(O)O)c(I)c1. The number of rotatable bonds is 14. The van der Waals surface area contributed by atoms with Crippen molar-refractivity contribution in [3.8, 4) is 0 Å². The van der Waals surface area contributed by atoms with Crippen molar-refractivity contribution in [2.45, 2.75) is 70.3 Å². The van der Waals surface area contributed by atoms with E-state index in [9.17, 15) is 9.67 Å². The third-order valence-electron chi connectivity index (χ3n) is 4.71. The van der Waals surface area contributed by atoms with E-state index in [4.69, 9.17) is 15.5 Å². The summed E-state index contributed by atoms with van der Waals surface area (Å²) < 4.78 is 15.4. The van der Waals surface area contributed by atoms with E-state index in [1.807, 2.05) is 0 Å². The van der Waals surface area contributed by atoms with Gasteiger partial charge in [0.25, 0.3) is 0 Å². The van der Waals surface area contributed by atoms with Gasteiger partial charge in [-0.15, -0.1) is 0 Å². The van der Waals surface area contributed by atoms with Crippen LogP contribution in [0, 0.1) is 3.57 Å². The molecule has 1 unspecified atom stereocenters. The van der Waals surface area contributed by atoms with Crippen LogP contribution in [0.5, 0.6) is 0 Å². The maximum absolute atomic E-state index is 10.9. The highest BCUT2D eigenvalue weighted by Crippen LogP contribution is 2.33. The lowest BCUT2D eigenvalue weighted by molar-refractivity contribution is 0.0135. The summed E-state index contributed by atoms with van der Waals surface area (Å²) in [7, 11) is -4.47. The van der Waals surface area contributed by atoms with Crippen molar-refractivity contribution in [3.05, 3.63) is 32.9 Å². The highest BCUT2D eigenvalue weighted by molar-refractivity contribution is 14.1.